The number of H-pyrrole nitrogens is 1. The lowest BCUT2D eigenvalue weighted by molar-refractivity contribution is -0.136. The second-order valence-electron chi connectivity index (χ2n) is 17.2. The average molecular weight is 803 g/mol. The maximum atomic E-state index is 13.4. The van der Waals surface area contributed by atoms with E-state index in [1.165, 1.54) is 0 Å². The molecule has 6 aliphatic rings. The van der Waals surface area contributed by atoms with Gasteiger partial charge in [-0.2, -0.15) is 5.10 Å². The first-order valence-corrected chi connectivity index (χ1v) is 21.1. The van der Waals surface area contributed by atoms with Crippen LogP contribution >= 0.6 is 0 Å². The molecule has 2 aromatic heterocycles. The number of hydrogen-bond acceptors (Lipinski definition) is 13. The molecule has 7 heterocycles. The van der Waals surface area contributed by atoms with Crippen LogP contribution in [0.25, 0.3) is 22.3 Å². The molecule has 308 valence electrons. The molecule has 0 spiro atoms. The Balaban J connectivity index is 0.692. The number of nitrogens with zero attached hydrogens (tertiary/aromatic N) is 8. The van der Waals surface area contributed by atoms with Crippen LogP contribution in [0, 0.1) is 5.92 Å². The van der Waals surface area contributed by atoms with Gasteiger partial charge < -0.3 is 19.3 Å². The highest BCUT2D eigenvalue weighted by Gasteiger charge is 2.45. The van der Waals surface area contributed by atoms with E-state index in [2.05, 4.69) is 58.1 Å². The van der Waals surface area contributed by atoms with E-state index in [-0.39, 0.29) is 30.5 Å². The molecular formula is C43H50N10O6. The number of carbonyl (C=O) groups excluding carboxylic acids is 4. The fourth-order valence-corrected chi connectivity index (χ4v) is 9.36. The molecule has 2 aromatic carbocycles. The van der Waals surface area contributed by atoms with Crippen molar-refractivity contribution in [2.45, 2.75) is 63.2 Å². The molecule has 1 saturated carbocycles. The first kappa shape index (κ1) is 37.8. The Morgan fingerprint density at radius 1 is 0.831 bits per heavy atom. The minimum Gasteiger partial charge on any atom is -0.488 e. The molecule has 4 amide bonds. The van der Waals surface area contributed by atoms with E-state index in [0.29, 0.717) is 17.0 Å². The van der Waals surface area contributed by atoms with Crippen LogP contribution in [0.2, 0.25) is 0 Å². The van der Waals surface area contributed by atoms with Crippen LogP contribution in [0.1, 0.15) is 66.2 Å². The van der Waals surface area contributed by atoms with Crippen LogP contribution in [-0.4, -0.2) is 148 Å². The quantitative estimate of drug-likeness (QED) is 0.225. The Labute approximate surface area is 342 Å². The molecule has 10 rings (SSSR count). The Hall–Kier alpha value is -5.45. The van der Waals surface area contributed by atoms with Gasteiger partial charge in [-0.25, -0.2) is 9.97 Å². The fourth-order valence-electron chi connectivity index (χ4n) is 9.36. The van der Waals surface area contributed by atoms with E-state index < -0.39 is 23.8 Å². The largest absolute Gasteiger partial charge is 0.488 e. The minimum absolute atomic E-state index is 0.0540. The summed E-state index contributed by atoms with van der Waals surface area (Å²) < 4.78 is 12.5. The number of morpholine rings is 1. The smallest absolute Gasteiger partial charge is 0.262 e. The SMILES string of the molecule is CC1(Oc2ccc3[nH]nc(-c4cc(N5CCN(C[C@H]6CN(CC7CCN(c8ccc9c(c8)C(=O)N(C8CCC(=O)NC8=O)C9=O)CC7)CCO6)CC5)ncn4)c3c2)CC1. The number of piperidine rings is 2. The monoisotopic (exact) mass is 802 g/mol. The number of fused-ring (bicyclic) bond motifs is 2. The highest BCUT2D eigenvalue weighted by molar-refractivity contribution is 6.23. The molecule has 59 heavy (non-hydrogen) atoms. The molecule has 2 atom stereocenters. The van der Waals surface area contributed by atoms with Gasteiger partial charge >= 0.3 is 0 Å². The van der Waals surface area contributed by atoms with Crippen LogP contribution in [0.5, 0.6) is 5.75 Å². The summed E-state index contributed by atoms with van der Waals surface area (Å²) in [6, 6.07) is 12.6. The van der Waals surface area contributed by atoms with Crippen molar-refractivity contribution in [3.63, 3.8) is 0 Å². The Morgan fingerprint density at radius 3 is 2.44 bits per heavy atom. The van der Waals surface area contributed by atoms with E-state index in [4.69, 9.17) is 9.47 Å². The van der Waals surface area contributed by atoms with E-state index in [1.54, 1.807) is 18.5 Å². The van der Waals surface area contributed by atoms with Crippen molar-refractivity contribution in [2.24, 2.45) is 5.92 Å². The summed E-state index contributed by atoms with van der Waals surface area (Å²) >= 11 is 0. The fraction of sp³-hybridized carbons (Fsp3) is 0.512. The van der Waals surface area contributed by atoms with Crippen molar-refractivity contribution >= 4 is 46.0 Å². The molecule has 4 saturated heterocycles. The normalized spacial score (nSPS) is 24.2. The summed E-state index contributed by atoms with van der Waals surface area (Å²) in [7, 11) is 0. The maximum Gasteiger partial charge on any atom is 0.262 e. The summed E-state index contributed by atoms with van der Waals surface area (Å²) in [5.74, 6) is 0.401. The molecule has 1 unspecified atom stereocenters. The number of amides is 4. The first-order chi connectivity index (χ1) is 28.7. The predicted octanol–water partition coefficient (Wildman–Crippen LogP) is 3.09. The van der Waals surface area contributed by atoms with Crippen molar-refractivity contribution in [3.05, 3.63) is 59.9 Å². The zero-order valence-electron chi connectivity index (χ0n) is 33.4. The van der Waals surface area contributed by atoms with Crippen molar-refractivity contribution in [2.75, 3.05) is 81.9 Å². The number of imide groups is 2. The Kier molecular flexibility index (Phi) is 9.80. The van der Waals surface area contributed by atoms with Crippen LogP contribution in [0.15, 0.2) is 48.8 Å². The Bertz CT molecular complexity index is 2290. The third-order valence-corrected chi connectivity index (χ3v) is 13.0. The van der Waals surface area contributed by atoms with Crippen molar-refractivity contribution < 1.29 is 28.7 Å². The average Bonchev–Trinajstić information content (AvgIpc) is 3.73. The number of benzene rings is 2. The third-order valence-electron chi connectivity index (χ3n) is 13.0. The molecule has 16 heteroatoms. The van der Waals surface area contributed by atoms with Gasteiger partial charge in [0, 0.05) is 89.0 Å². The number of piperazine rings is 1. The van der Waals surface area contributed by atoms with E-state index in [9.17, 15) is 19.2 Å². The van der Waals surface area contributed by atoms with Crippen molar-refractivity contribution in [1.29, 1.82) is 0 Å². The van der Waals surface area contributed by atoms with Gasteiger partial charge in [0.1, 0.15) is 35.2 Å². The second-order valence-corrected chi connectivity index (χ2v) is 17.2. The lowest BCUT2D eigenvalue weighted by atomic mass is 9.95. The molecule has 1 aliphatic carbocycles. The zero-order valence-corrected chi connectivity index (χ0v) is 33.4. The van der Waals surface area contributed by atoms with Crippen LogP contribution in [0.4, 0.5) is 11.5 Å². The molecule has 5 fully saturated rings. The number of ether oxygens (including phenoxy) is 2. The topological polar surface area (TPSA) is 169 Å². The molecule has 16 nitrogen and oxygen atoms in total. The van der Waals surface area contributed by atoms with Crippen molar-refractivity contribution in [1.82, 2.24) is 40.2 Å². The molecule has 2 N–H and O–H groups in total. The number of aromatic amines is 1. The van der Waals surface area contributed by atoms with E-state index in [1.807, 2.05) is 24.3 Å². The summed E-state index contributed by atoms with van der Waals surface area (Å²) in [6.45, 7) is 12.0. The predicted molar refractivity (Wildman–Crippen MR) is 218 cm³/mol. The number of nitrogens with one attached hydrogen (secondary N) is 2. The minimum atomic E-state index is -0.963. The number of hydrogen-bond donors (Lipinski definition) is 2. The summed E-state index contributed by atoms with van der Waals surface area (Å²) in [5, 5.41) is 11.0. The summed E-state index contributed by atoms with van der Waals surface area (Å²) in [6.07, 6.45) is 6.27. The molecule has 0 bridgehead atoms. The van der Waals surface area contributed by atoms with Crippen LogP contribution < -0.4 is 19.9 Å². The zero-order chi connectivity index (χ0) is 40.3. The van der Waals surface area contributed by atoms with E-state index >= 15 is 0 Å². The molecule has 0 radical (unpaired) electrons. The van der Waals surface area contributed by atoms with Gasteiger partial charge in [0.2, 0.25) is 11.8 Å². The third kappa shape index (κ3) is 7.64. The van der Waals surface area contributed by atoms with Crippen LogP contribution in [0.3, 0.4) is 0 Å². The lowest BCUT2D eigenvalue weighted by Gasteiger charge is -2.41. The van der Waals surface area contributed by atoms with Gasteiger partial charge in [0.25, 0.3) is 11.8 Å². The maximum absolute atomic E-state index is 13.4. The Morgan fingerprint density at radius 2 is 1.64 bits per heavy atom. The number of carbonyl (C=O) groups is 4. The summed E-state index contributed by atoms with van der Waals surface area (Å²) in [5.41, 5.74) is 4.03. The highest BCUT2D eigenvalue weighted by Crippen LogP contribution is 2.41. The second kappa shape index (κ2) is 15.3. The van der Waals surface area contributed by atoms with Crippen LogP contribution in [-0.2, 0) is 14.3 Å². The molecular weight excluding hydrogens is 753 g/mol. The lowest BCUT2D eigenvalue weighted by Crippen LogP contribution is -2.54. The summed E-state index contributed by atoms with van der Waals surface area (Å²) in [4.78, 5) is 70.6. The van der Waals surface area contributed by atoms with Gasteiger partial charge in [-0.1, -0.05) is 0 Å². The first-order valence-electron chi connectivity index (χ1n) is 21.1. The van der Waals surface area contributed by atoms with Gasteiger partial charge in [0.15, 0.2) is 0 Å². The van der Waals surface area contributed by atoms with Gasteiger partial charge in [0.05, 0.1) is 35.0 Å². The highest BCUT2D eigenvalue weighted by atomic mass is 16.5. The number of anilines is 2. The number of aromatic nitrogens is 4. The van der Waals surface area contributed by atoms with Gasteiger partial charge in [-0.3, -0.25) is 44.3 Å². The molecule has 5 aliphatic heterocycles. The number of rotatable bonds is 10. The molecule has 4 aromatic rings. The van der Waals surface area contributed by atoms with Gasteiger partial charge in [-0.15, -0.1) is 0 Å². The van der Waals surface area contributed by atoms with Crippen molar-refractivity contribution in [3.8, 4) is 17.1 Å². The van der Waals surface area contributed by atoms with E-state index in [0.717, 1.165) is 142 Å². The standard InChI is InChI=1S/C43H50N10O6/c1-43(10-11-43)59-29-3-5-34-33(21-29)39(48-47-34)35-22-37(45-26-44-35)52-16-14-49(15-17-52)24-30-25-50(18-19-58-30)23-27-8-12-51(13-9-27)28-2-4-31-32(20-28)42(57)53(41(31)56)36-6-7-38(54)46-40(36)55/h2-5,20-22,26-27,30,36H,6-19,23-25H2,1H3,(H,47,48)(H,46,54,55)/t30-,36?/m0/s1. The van der Waals surface area contributed by atoms with Gasteiger partial charge in [-0.05, 0) is 81.3 Å².